The highest BCUT2D eigenvalue weighted by Gasteiger charge is 2.39. The molecule has 1 unspecified atom stereocenters. The van der Waals surface area contributed by atoms with E-state index in [0.717, 1.165) is 11.1 Å². The van der Waals surface area contributed by atoms with Crippen molar-refractivity contribution >= 4 is 15.7 Å². The average molecular weight is 281 g/mol. The molecule has 1 aromatic carbocycles. The van der Waals surface area contributed by atoms with Crippen molar-refractivity contribution in [1.82, 2.24) is 5.32 Å². The Morgan fingerprint density at radius 2 is 2.00 bits per heavy atom. The van der Waals surface area contributed by atoms with Crippen LogP contribution in [0.2, 0.25) is 0 Å². The lowest BCUT2D eigenvalue weighted by molar-refractivity contribution is 0.0914. The second-order valence-corrected chi connectivity index (χ2v) is 7.79. The third-order valence-electron chi connectivity index (χ3n) is 3.77. The molecule has 0 radical (unpaired) electrons. The van der Waals surface area contributed by atoms with Gasteiger partial charge in [0.2, 0.25) is 0 Å². The van der Waals surface area contributed by atoms with E-state index in [1.807, 2.05) is 26.0 Å². The molecule has 1 aromatic rings. The number of sulfone groups is 1. The van der Waals surface area contributed by atoms with Crippen molar-refractivity contribution in [2.24, 2.45) is 0 Å². The van der Waals surface area contributed by atoms with Gasteiger partial charge in [0.25, 0.3) is 5.91 Å². The maximum atomic E-state index is 12.3. The first-order valence-corrected chi connectivity index (χ1v) is 8.14. The summed E-state index contributed by atoms with van der Waals surface area (Å²) in [5.41, 5.74) is 1.96. The van der Waals surface area contributed by atoms with E-state index in [4.69, 9.17) is 0 Å². The van der Waals surface area contributed by atoms with Gasteiger partial charge in [-0.1, -0.05) is 12.1 Å². The van der Waals surface area contributed by atoms with Gasteiger partial charge in [-0.25, -0.2) is 8.42 Å². The van der Waals surface area contributed by atoms with Crippen molar-refractivity contribution < 1.29 is 13.2 Å². The molecule has 5 heteroatoms. The molecule has 1 heterocycles. The third kappa shape index (κ3) is 2.97. The molecule has 4 nitrogen and oxygen atoms in total. The van der Waals surface area contributed by atoms with E-state index in [-0.39, 0.29) is 17.4 Å². The fourth-order valence-corrected chi connectivity index (χ4v) is 4.54. The van der Waals surface area contributed by atoms with E-state index in [2.05, 4.69) is 5.32 Å². The molecule has 1 aliphatic heterocycles. The molecule has 0 aromatic heterocycles. The maximum Gasteiger partial charge on any atom is 0.252 e. The highest BCUT2D eigenvalue weighted by atomic mass is 32.2. The topological polar surface area (TPSA) is 63.2 Å². The van der Waals surface area contributed by atoms with Gasteiger partial charge in [0, 0.05) is 5.56 Å². The van der Waals surface area contributed by atoms with Gasteiger partial charge in [-0.2, -0.15) is 0 Å². The van der Waals surface area contributed by atoms with Crippen LogP contribution in [0.25, 0.3) is 0 Å². The average Bonchev–Trinajstić information content (AvgIpc) is 2.56. The molecule has 1 aliphatic rings. The number of rotatable bonds is 2. The van der Waals surface area contributed by atoms with Crippen LogP contribution in [0.4, 0.5) is 0 Å². The van der Waals surface area contributed by atoms with Crippen molar-refractivity contribution in [3.8, 4) is 0 Å². The zero-order valence-electron chi connectivity index (χ0n) is 11.5. The summed E-state index contributed by atoms with van der Waals surface area (Å²) in [6.07, 6.45) is 0.478. The van der Waals surface area contributed by atoms with Crippen molar-refractivity contribution in [2.45, 2.75) is 32.7 Å². The van der Waals surface area contributed by atoms with E-state index in [1.54, 1.807) is 13.0 Å². The molecule has 0 aliphatic carbocycles. The second-order valence-electron chi connectivity index (χ2n) is 5.60. The normalized spacial score (nSPS) is 25.2. The molecule has 1 fully saturated rings. The number of nitrogens with one attached hydrogen (secondary N) is 1. The van der Waals surface area contributed by atoms with Crippen molar-refractivity contribution in [2.75, 3.05) is 11.5 Å². The summed E-state index contributed by atoms with van der Waals surface area (Å²) in [7, 11) is -3.01. The van der Waals surface area contributed by atoms with Gasteiger partial charge in [-0.3, -0.25) is 4.79 Å². The summed E-state index contributed by atoms with van der Waals surface area (Å²) in [6.45, 7) is 5.65. The predicted molar refractivity (Wildman–Crippen MR) is 75.1 cm³/mol. The first-order valence-electron chi connectivity index (χ1n) is 6.32. The van der Waals surface area contributed by atoms with Crippen LogP contribution in [0.1, 0.15) is 34.8 Å². The summed E-state index contributed by atoms with van der Waals surface area (Å²) in [4.78, 5) is 12.3. The second kappa shape index (κ2) is 4.63. The zero-order valence-corrected chi connectivity index (χ0v) is 12.3. The molecule has 1 atom stereocenters. The third-order valence-corrected chi connectivity index (χ3v) is 5.67. The van der Waals surface area contributed by atoms with Crippen LogP contribution in [0, 0.1) is 13.8 Å². The maximum absolute atomic E-state index is 12.3. The van der Waals surface area contributed by atoms with Gasteiger partial charge >= 0.3 is 0 Å². The van der Waals surface area contributed by atoms with Gasteiger partial charge in [-0.05, 0) is 44.4 Å². The Hall–Kier alpha value is -1.36. The van der Waals surface area contributed by atoms with Gasteiger partial charge < -0.3 is 5.32 Å². The van der Waals surface area contributed by atoms with Crippen LogP contribution in [0.3, 0.4) is 0 Å². The SMILES string of the molecule is Cc1cccc(C(=O)NC2(C)CCS(=O)(=O)C2)c1C. The van der Waals surface area contributed by atoms with Crippen LogP contribution >= 0.6 is 0 Å². The smallest absolute Gasteiger partial charge is 0.252 e. The van der Waals surface area contributed by atoms with E-state index >= 15 is 0 Å². The molecule has 1 N–H and O–H groups in total. The summed E-state index contributed by atoms with van der Waals surface area (Å²) in [5, 5.41) is 2.88. The van der Waals surface area contributed by atoms with E-state index in [1.165, 1.54) is 0 Å². The number of hydrogen-bond donors (Lipinski definition) is 1. The Balaban J connectivity index is 2.21. The van der Waals surface area contributed by atoms with Crippen molar-refractivity contribution in [3.63, 3.8) is 0 Å². The highest BCUT2D eigenvalue weighted by Crippen LogP contribution is 2.24. The largest absolute Gasteiger partial charge is 0.346 e. The molecular weight excluding hydrogens is 262 g/mol. The first kappa shape index (κ1) is 14.1. The Morgan fingerprint density at radius 1 is 1.32 bits per heavy atom. The Bertz CT molecular complexity index is 622. The standard InChI is InChI=1S/C14H19NO3S/c1-10-5-4-6-12(11(10)2)13(16)15-14(3)7-8-19(17,18)9-14/h4-6H,7-9H2,1-3H3,(H,15,16). The number of aryl methyl sites for hydroxylation is 1. The minimum atomic E-state index is -3.01. The lowest BCUT2D eigenvalue weighted by Crippen LogP contribution is -2.47. The molecule has 1 saturated heterocycles. The lowest BCUT2D eigenvalue weighted by atomic mass is 9.99. The molecule has 0 bridgehead atoms. The summed E-state index contributed by atoms with van der Waals surface area (Å²) < 4.78 is 23.1. The fraction of sp³-hybridized carbons (Fsp3) is 0.500. The van der Waals surface area contributed by atoms with E-state index < -0.39 is 15.4 Å². The summed E-state index contributed by atoms with van der Waals surface area (Å²) in [5.74, 6) is -0.0199. The number of carbonyl (C=O) groups is 1. The van der Waals surface area contributed by atoms with Crippen LogP contribution in [-0.2, 0) is 9.84 Å². The number of hydrogen-bond acceptors (Lipinski definition) is 3. The summed E-state index contributed by atoms with van der Waals surface area (Å²) >= 11 is 0. The zero-order chi connectivity index (χ0) is 14.3. The molecule has 1 amide bonds. The number of amides is 1. The molecular formula is C14H19NO3S. The van der Waals surface area contributed by atoms with E-state index in [0.29, 0.717) is 12.0 Å². The van der Waals surface area contributed by atoms with Crippen LogP contribution in [0.15, 0.2) is 18.2 Å². The number of carbonyl (C=O) groups excluding carboxylic acids is 1. The minimum Gasteiger partial charge on any atom is -0.346 e. The first-order chi connectivity index (χ1) is 8.72. The van der Waals surface area contributed by atoms with Crippen LogP contribution in [-0.4, -0.2) is 31.4 Å². The van der Waals surface area contributed by atoms with Crippen molar-refractivity contribution in [1.29, 1.82) is 0 Å². The highest BCUT2D eigenvalue weighted by molar-refractivity contribution is 7.91. The Kier molecular flexibility index (Phi) is 3.43. The molecule has 0 spiro atoms. The van der Waals surface area contributed by atoms with Gasteiger partial charge in [0.05, 0.1) is 17.0 Å². The predicted octanol–water partition coefficient (Wildman–Crippen LogP) is 1.61. The van der Waals surface area contributed by atoms with Crippen molar-refractivity contribution in [3.05, 3.63) is 34.9 Å². The molecule has 2 rings (SSSR count). The summed E-state index contributed by atoms with van der Waals surface area (Å²) in [6, 6.07) is 5.56. The fourth-order valence-electron chi connectivity index (χ4n) is 2.45. The van der Waals surface area contributed by atoms with Crippen LogP contribution in [0.5, 0.6) is 0 Å². The molecule has 19 heavy (non-hydrogen) atoms. The van der Waals surface area contributed by atoms with E-state index in [9.17, 15) is 13.2 Å². The lowest BCUT2D eigenvalue weighted by Gasteiger charge is -2.24. The van der Waals surface area contributed by atoms with Gasteiger partial charge in [0.15, 0.2) is 9.84 Å². The van der Waals surface area contributed by atoms with Crippen LogP contribution < -0.4 is 5.32 Å². The van der Waals surface area contributed by atoms with Gasteiger partial charge in [-0.15, -0.1) is 0 Å². The van der Waals surface area contributed by atoms with Gasteiger partial charge in [0.1, 0.15) is 0 Å². The minimum absolute atomic E-state index is 0.0244. The molecule has 0 saturated carbocycles. The Labute approximate surface area is 114 Å². The quantitative estimate of drug-likeness (QED) is 0.896. The number of benzene rings is 1. The molecule has 104 valence electrons. The Morgan fingerprint density at radius 3 is 2.58 bits per heavy atom. The monoisotopic (exact) mass is 281 g/mol.